The number of anilines is 1. The number of amides is 1. The molecule has 30 heavy (non-hydrogen) atoms. The fraction of sp³-hybridized carbons (Fsp3) is 0.174. The molecule has 0 saturated carbocycles. The first kappa shape index (κ1) is 21.4. The van der Waals surface area contributed by atoms with Crippen molar-refractivity contribution in [2.24, 2.45) is 0 Å². The molecule has 0 spiro atoms. The number of hydrogen-bond acceptors (Lipinski definition) is 4. The minimum absolute atomic E-state index is 0.160. The van der Waals surface area contributed by atoms with Crippen LogP contribution in [-0.2, 0) is 10.0 Å². The summed E-state index contributed by atoms with van der Waals surface area (Å²) in [7, 11) is -3.74. The van der Waals surface area contributed by atoms with Gasteiger partial charge in [0.25, 0.3) is 15.9 Å². The van der Waals surface area contributed by atoms with Crippen LogP contribution in [0.3, 0.4) is 0 Å². The smallest absolute Gasteiger partial charge is 0.261 e. The molecule has 0 unspecified atom stereocenters. The highest BCUT2D eigenvalue weighted by molar-refractivity contribution is 7.92. The van der Waals surface area contributed by atoms with Gasteiger partial charge < -0.3 is 10.1 Å². The maximum atomic E-state index is 12.6. The van der Waals surface area contributed by atoms with Crippen molar-refractivity contribution in [3.8, 4) is 5.75 Å². The largest absolute Gasteiger partial charge is 0.492 e. The van der Waals surface area contributed by atoms with Gasteiger partial charge in [0.1, 0.15) is 12.4 Å². The summed E-state index contributed by atoms with van der Waals surface area (Å²) in [5, 5.41) is 2.81. The van der Waals surface area contributed by atoms with Gasteiger partial charge in [-0.2, -0.15) is 0 Å². The lowest BCUT2D eigenvalue weighted by Gasteiger charge is -2.14. The second-order valence-corrected chi connectivity index (χ2v) is 8.50. The number of nitrogens with one attached hydrogen (secondary N) is 2. The Morgan fingerprint density at radius 2 is 1.67 bits per heavy atom. The first-order chi connectivity index (χ1) is 14.4. The number of benzene rings is 3. The lowest BCUT2D eigenvalue weighted by molar-refractivity contribution is 0.0946. The summed E-state index contributed by atoms with van der Waals surface area (Å²) in [6.45, 7) is 4.35. The van der Waals surface area contributed by atoms with Crippen molar-refractivity contribution >= 4 is 21.6 Å². The lowest BCUT2D eigenvalue weighted by Crippen LogP contribution is -2.29. The molecule has 0 aromatic heterocycles. The van der Waals surface area contributed by atoms with E-state index >= 15 is 0 Å². The molecule has 1 amide bonds. The summed E-state index contributed by atoms with van der Waals surface area (Å²) < 4.78 is 33.3. The zero-order valence-corrected chi connectivity index (χ0v) is 17.7. The van der Waals surface area contributed by atoms with Gasteiger partial charge in [0.15, 0.2) is 0 Å². The van der Waals surface area contributed by atoms with E-state index in [-0.39, 0.29) is 10.8 Å². The molecule has 0 aliphatic carbocycles. The third-order valence-electron chi connectivity index (χ3n) is 4.52. The fourth-order valence-corrected chi connectivity index (χ4v) is 4.07. The summed E-state index contributed by atoms with van der Waals surface area (Å²) in [4.78, 5) is 12.7. The van der Waals surface area contributed by atoms with Crippen LogP contribution in [0, 0.1) is 13.8 Å². The molecule has 0 atom stereocenters. The molecule has 3 rings (SSSR count). The number of ether oxygens (including phenoxy) is 1. The van der Waals surface area contributed by atoms with Crippen LogP contribution < -0.4 is 14.8 Å². The number of sulfonamides is 1. The number of carbonyl (C=O) groups excluding carboxylic acids is 1. The maximum absolute atomic E-state index is 12.6. The van der Waals surface area contributed by atoms with Crippen molar-refractivity contribution in [2.75, 3.05) is 17.9 Å². The quantitative estimate of drug-likeness (QED) is 0.537. The van der Waals surface area contributed by atoms with Crippen molar-refractivity contribution < 1.29 is 17.9 Å². The van der Waals surface area contributed by atoms with Crippen molar-refractivity contribution in [2.45, 2.75) is 18.7 Å². The van der Waals surface area contributed by atoms with E-state index in [2.05, 4.69) is 10.0 Å². The molecule has 0 fully saturated rings. The monoisotopic (exact) mass is 424 g/mol. The zero-order valence-electron chi connectivity index (χ0n) is 16.9. The highest BCUT2D eigenvalue weighted by Crippen LogP contribution is 2.22. The van der Waals surface area contributed by atoms with Crippen LogP contribution in [0.5, 0.6) is 5.75 Å². The standard InChI is InChI=1S/C23H24N2O4S/c1-17-8-6-9-19(16-17)29-15-14-24-23(26)21-12-7-13-22(18(21)2)25-30(27,28)20-10-4-3-5-11-20/h3-13,16,25H,14-15H2,1-2H3,(H,24,26). The number of rotatable bonds is 8. The highest BCUT2D eigenvalue weighted by Gasteiger charge is 2.17. The van der Waals surface area contributed by atoms with Gasteiger partial charge >= 0.3 is 0 Å². The minimum atomic E-state index is -3.74. The first-order valence-electron chi connectivity index (χ1n) is 9.52. The van der Waals surface area contributed by atoms with Gasteiger partial charge in [0, 0.05) is 5.56 Å². The Hall–Kier alpha value is -3.32. The Kier molecular flexibility index (Phi) is 6.74. The van der Waals surface area contributed by atoms with E-state index in [0.29, 0.717) is 30.0 Å². The van der Waals surface area contributed by atoms with Gasteiger partial charge in [0.2, 0.25) is 0 Å². The number of hydrogen-bond donors (Lipinski definition) is 2. The normalized spacial score (nSPS) is 11.0. The van der Waals surface area contributed by atoms with Crippen molar-refractivity contribution in [3.05, 3.63) is 89.5 Å². The van der Waals surface area contributed by atoms with Crippen LogP contribution in [0.25, 0.3) is 0 Å². The van der Waals surface area contributed by atoms with Crippen molar-refractivity contribution in [1.82, 2.24) is 5.32 Å². The van der Waals surface area contributed by atoms with E-state index < -0.39 is 10.0 Å². The first-order valence-corrected chi connectivity index (χ1v) is 11.0. The molecule has 6 nitrogen and oxygen atoms in total. The van der Waals surface area contributed by atoms with E-state index in [1.54, 1.807) is 43.3 Å². The fourth-order valence-electron chi connectivity index (χ4n) is 2.93. The SMILES string of the molecule is Cc1cccc(OCCNC(=O)c2cccc(NS(=O)(=O)c3ccccc3)c2C)c1. The molecule has 0 heterocycles. The van der Waals surface area contributed by atoms with E-state index in [9.17, 15) is 13.2 Å². The van der Waals surface area contributed by atoms with Crippen LogP contribution in [0.2, 0.25) is 0 Å². The summed E-state index contributed by atoms with van der Waals surface area (Å²) in [6.07, 6.45) is 0. The van der Waals surface area contributed by atoms with Crippen molar-refractivity contribution in [1.29, 1.82) is 0 Å². The lowest BCUT2D eigenvalue weighted by atomic mass is 10.1. The van der Waals surface area contributed by atoms with Gasteiger partial charge in [-0.15, -0.1) is 0 Å². The highest BCUT2D eigenvalue weighted by atomic mass is 32.2. The average molecular weight is 425 g/mol. The van der Waals surface area contributed by atoms with Crippen LogP contribution >= 0.6 is 0 Å². The van der Waals surface area contributed by atoms with Gasteiger partial charge in [0.05, 0.1) is 17.1 Å². The molecule has 3 aromatic rings. The van der Waals surface area contributed by atoms with Crippen molar-refractivity contribution in [3.63, 3.8) is 0 Å². The van der Waals surface area contributed by atoms with Gasteiger partial charge in [-0.25, -0.2) is 8.42 Å². The minimum Gasteiger partial charge on any atom is -0.492 e. The molecular formula is C23H24N2O4S. The molecular weight excluding hydrogens is 400 g/mol. The third-order valence-corrected chi connectivity index (χ3v) is 5.90. The molecule has 0 aliphatic heterocycles. The Labute approximate surface area is 177 Å². The van der Waals surface area contributed by atoms with Crippen LogP contribution in [0.4, 0.5) is 5.69 Å². The maximum Gasteiger partial charge on any atom is 0.261 e. The topological polar surface area (TPSA) is 84.5 Å². The Bertz CT molecular complexity index is 1130. The van der Waals surface area contributed by atoms with E-state index in [1.165, 1.54) is 12.1 Å². The second-order valence-electron chi connectivity index (χ2n) is 6.82. The van der Waals surface area contributed by atoms with Crippen LogP contribution in [0.15, 0.2) is 77.7 Å². The molecule has 0 aliphatic rings. The van der Waals surface area contributed by atoms with Gasteiger partial charge in [-0.3, -0.25) is 9.52 Å². The van der Waals surface area contributed by atoms with E-state index in [4.69, 9.17) is 4.74 Å². The van der Waals surface area contributed by atoms with Gasteiger partial charge in [-0.05, 0) is 61.4 Å². The average Bonchev–Trinajstić information content (AvgIpc) is 2.73. The molecule has 0 radical (unpaired) electrons. The molecule has 3 aromatic carbocycles. The molecule has 7 heteroatoms. The predicted molar refractivity (Wildman–Crippen MR) is 117 cm³/mol. The van der Waals surface area contributed by atoms with Gasteiger partial charge in [-0.1, -0.05) is 36.4 Å². The van der Waals surface area contributed by atoms with E-state index in [1.807, 2.05) is 31.2 Å². The summed E-state index contributed by atoms with van der Waals surface area (Å²) in [6, 6.07) is 20.7. The third kappa shape index (κ3) is 5.39. The second kappa shape index (κ2) is 9.45. The summed E-state index contributed by atoms with van der Waals surface area (Å²) in [5.41, 5.74) is 2.41. The number of carbonyl (C=O) groups is 1. The van der Waals surface area contributed by atoms with Crippen LogP contribution in [0.1, 0.15) is 21.5 Å². The Morgan fingerprint density at radius 3 is 2.40 bits per heavy atom. The van der Waals surface area contributed by atoms with Crippen LogP contribution in [-0.4, -0.2) is 27.5 Å². The summed E-state index contributed by atoms with van der Waals surface area (Å²) >= 11 is 0. The number of aryl methyl sites for hydroxylation is 1. The summed E-state index contributed by atoms with van der Waals surface area (Å²) in [5.74, 6) is 0.457. The predicted octanol–water partition coefficient (Wildman–Crippen LogP) is 3.91. The zero-order chi connectivity index (χ0) is 21.6. The molecule has 0 saturated heterocycles. The molecule has 2 N–H and O–H groups in total. The Balaban J connectivity index is 1.63. The van der Waals surface area contributed by atoms with E-state index in [0.717, 1.165) is 11.3 Å². The molecule has 156 valence electrons. The molecule has 0 bridgehead atoms. The Morgan fingerprint density at radius 1 is 0.933 bits per heavy atom.